The molecule has 1 aliphatic rings. The molecule has 0 amide bonds. The summed E-state index contributed by atoms with van der Waals surface area (Å²) in [6.45, 7) is 0.502. The van der Waals surface area contributed by atoms with Gasteiger partial charge in [-0.05, 0) is 0 Å². The molecule has 13 heteroatoms. The Morgan fingerprint density at radius 2 is 2.19 bits per heavy atom. The van der Waals surface area contributed by atoms with Gasteiger partial charge in [0, 0.05) is 12.7 Å². The van der Waals surface area contributed by atoms with Crippen LogP contribution in [0.15, 0.2) is 9.95 Å². The molecule has 148 valence electrons. The van der Waals surface area contributed by atoms with E-state index in [1.807, 2.05) is 0 Å². The molecule has 0 unspecified atom stereocenters. The van der Waals surface area contributed by atoms with Crippen LogP contribution in [0.1, 0.15) is 13.2 Å². The third kappa shape index (κ3) is 3.64. The smallest absolute Gasteiger partial charge is 0.303 e. The Hall–Kier alpha value is -2.19. The maximum atomic E-state index is 12.2. The topological polar surface area (TPSA) is 186 Å². The summed E-state index contributed by atoms with van der Waals surface area (Å²) in [7, 11) is 0. The van der Waals surface area contributed by atoms with Crippen LogP contribution in [0.25, 0.3) is 11.2 Å². The summed E-state index contributed by atoms with van der Waals surface area (Å²) >= 11 is 1.11. The van der Waals surface area contributed by atoms with Gasteiger partial charge >= 0.3 is 5.97 Å². The van der Waals surface area contributed by atoms with Gasteiger partial charge in [-0.15, -0.1) is 0 Å². The molecule has 3 heterocycles. The molecule has 4 atom stereocenters. The standard InChI is InChI=1S/C14H19N5O7S/c1-5(22)25-9-8(23)6(4-21)26-12(9)19-10-7(11(24)18-13(15)17-10)16-14(19)27-3-2-20/h6,8-9,12,20-21,23H,2-4H2,1H3,(H3,15,17,18,24)/t6-,8-,9-,12-/m1/s1. The number of nitrogen functional groups attached to an aromatic ring is 1. The molecule has 0 aliphatic carbocycles. The molecular formula is C14H19N5O7S. The third-order valence-corrected chi connectivity index (χ3v) is 4.84. The van der Waals surface area contributed by atoms with Gasteiger partial charge in [-0.1, -0.05) is 11.8 Å². The zero-order valence-corrected chi connectivity index (χ0v) is 15.0. The van der Waals surface area contributed by atoms with Gasteiger partial charge in [0.05, 0.1) is 13.2 Å². The van der Waals surface area contributed by atoms with Gasteiger partial charge in [0.15, 0.2) is 28.7 Å². The normalized spacial score (nSPS) is 25.2. The van der Waals surface area contributed by atoms with Crippen LogP contribution >= 0.6 is 11.8 Å². The van der Waals surface area contributed by atoms with Crippen LogP contribution in [0.2, 0.25) is 0 Å². The minimum absolute atomic E-state index is 0.0308. The maximum absolute atomic E-state index is 12.2. The van der Waals surface area contributed by atoms with E-state index in [-0.39, 0.29) is 34.6 Å². The van der Waals surface area contributed by atoms with Crippen molar-refractivity contribution in [3.63, 3.8) is 0 Å². The summed E-state index contributed by atoms with van der Waals surface area (Å²) in [6, 6.07) is 0. The number of nitrogens with zero attached hydrogens (tertiary/aromatic N) is 3. The maximum Gasteiger partial charge on any atom is 0.303 e. The quantitative estimate of drug-likeness (QED) is 0.265. The highest BCUT2D eigenvalue weighted by atomic mass is 32.2. The minimum atomic E-state index is -1.31. The van der Waals surface area contributed by atoms with Crippen LogP contribution in [0.4, 0.5) is 5.95 Å². The summed E-state index contributed by atoms with van der Waals surface area (Å²) in [4.78, 5) is 34.3. The number of hydrogen-bond donors (Lipinski definition) is 5. The lowest BCUT2D eigenvalue weighted by Gasteiger charge is -2.22. The van der Waals surface area contributed by atoms with Gasteiger partial charge in [0.2, 0.25) is 5.95 Å². The SMILES string of the molecule is CC(=O)O[C@@H]1[C@H](O)[C@@H](CO)O[C@H]1n1c(SCCO)nc2c(=O)[nH]c(N)nc21. The van der Waals surface area contributed by atoms with E-state index in [9.17, 15) is 19.8 Å². The van der Waals surface area contributed by atoms with Gasteiger partial charge in [-0.3, -0.25) is 19.1 Å². The van der Waals surface area contributed by atoms with E-state index in [1.54, 1.807) is 0 Å². The number of hydrogen-bond acceptors (Lipinski definition) is 11. The number of ether oxygens (including phenoxy) is 2. The van der Waals surface area contributed by atoms with E-state index in [1.165, 1.54) is 11.5 Å². The Balaban J connectivity index is 2.17. The first-order valence-corrected chi connectivity index (χ1v) is 8.99. The van der Waals surface area contributed by atoms with Crippen molar-refractivity contribution in [1.82, 2.24) is 19.5 Å². The molecule has 6 N–H and O–H groups in total. The minimum Gasteiger partial charge on any atom is -0.455 e. The number of esters is 1. The first kappa shape index (κ1) is 19.6. The summed E-state index contributed by atoms with van der Waals surface area (Å²) in [5.41, 5.74) is 5.08. The Morgan fingerprint density at radius 3 is 2.81 bits per heavy atom. The number of anilines is 1. The monoisotopic (exact) mass is 401 g/mol. The van der Waals surface area contributed by atoms with Crippen molar-refractivity contribution in [2.45, 2.75) is 36.6 Å². The number of nitrogens with one attached hydrogen (secondary N) is 1. The third-order valence-electron chi connectivity index (χ3n) is 3.91. The Morgan fingerprint density at radius 1 is 1.44 bits per heavy atom. The molecule has 3 rings (SSSR count). The Bertz CT molecular complexity index is 900. The molecule has 0 radical (unpaired) electrons. The van der Waals surface area contributed by atoms with E-state index in [0.29, 0.717) is 0 Å². The lowest BCUT2D eigenvalue weighted by atomic mass is 10.1. The van der Waals surface area contributed by atoms with E-state index < -0.39 is 42.7 Å². The van der Waals surface area contributed by atoms with E-state index >= 15 is 0 Å². The van der Waals surface area contributed by atoms with Crippen molar-refractivity contribution in [3.05, 3.63) is 10.4 Å². The number of carbonyl (C=O) groups excluding carboxylic acids is 1. The number of thioether (sulfide) groups is 1. The largest absolute Gasteiger partial charge is 0.455 e. The Kier molecular flexibility index (Phi) is 5.67. The van der Waals surface area contributed by atoms with Crippen molar-refractivity contribution >= 4 is 34.8 Å². The van der Waals surface area contributed by atoms with Crippen LogP contribution in [0.5, 0.6) is 0 Å². The first-order chi connectivity index (χ1) is 12.9. The van der Waals surface area contributed by atoms with Crippen molar-refractivity contribution < 1.29 is 29.6 Å². The number of aromatic amines is 1. The molecule has 0 bridgehead atoms. The fourth-order valence-electron chi connectivity index (χ4n) is 2.84. The van der Waals surface area contributed by atoms with Crippen LogP contribution in [-0.4, -0.2) is 78.1 Å². The number of aliphatic hydroxyl groups is 3. The van der Waals surface area contributed by atoms with Crippen LogP contribution in [0, 0.1) is 0 Å². The zero-order chi connectivity index (χ0) is 19.7. The number of carbonyl (C=O) groups is 1. The summed E-state index contributed by atoms with van der Waals surface area (Å²) in [6.07, 6.45) is -4.61. The predicted molar refractivity (Wildman–Crippen MR) is 92.9 cm³/mol. The van der Waals surface area contributed by atoms with E-state index in [0.717, 1.165) is 11.8 Å². The molecule has 0 aromatic carbocycles. The van der Waals surface area contributed by atoms with Crippen molar-refractivity contribution in [2.24, 2.45) is 0 Å². The van der Waals surface area contributed by atoms with Gasteiger partial charge in [0.25, 0.3) is 5.56 Å². The van der Waals surface area contributed by atoms with Gasteiger partial charge < -0.3 is 30.5 Å². The van der Waals surface area contributed by atoms with Crippen LogP contribution in [-0.2, 0) is 14.3 Å². The number of aromatic nitrogens is 4. The fraction of sp³-hybridized carbons (Fsp3) is 0.571. The number of nitrogens with two attached hydrogens (primary N) is 1. The molecule has 2 aromatic rings. The molecule has 1 aliphatic heterocycles. The van der Waals surface area contributed by atoms with E-state index in [4.69, 9.17) is 20.3 Å². The highest BCUT2D eigenvalue weighted by molar-refractivity contribution is 7.99. The molecule has 27 heavy (non-hydrogen) atoms. The molecule has 1 fully saturated rings. The Labute approximate surface area is 156 Å². The molecule has 0 spiro atoms. The van der Waals surface area contributed by atoms with Gasteiger partial charge in [-0.25, -0.2) is 4.98 Å². The number of fused-ring (bicyclic) bond motifs is 1. The highest BCUT2D eigenvalue weighted by Crippen LogP contribution is 2.36. The summed E-state index contributed by atoms with van der Waals surface area (Å²) in [5.74, 6) is -0.563. The second-order valence-corrected chi connectivity index (χ2v) is 6.83. The van der Waals surface area contributed by atoms with Crippen molar-refractivity contribution in [1.29, 1.82) is 0 Å². The average molecular weight is 401 g/mol. The molecule has 1 saturated heterocycles. The second-order valence-electron chi connectivity index (χ2n) is 5.77. The number of rotatable bonds is 6. The second kappa shape index (κ2) is 7.82. The van der Waals surface area contributed by atoms with Crippen molar-refractivity contribution in [2.75, 3.05) is 24.7 Å². The molecule has 12 nitrogen and oxygen atoms in total. The average Bonchev–Trinajstić information content (AvgIpc) is 3.11. The number of H-pyrrole nitrogens is 1. The van der Waals surface area contributed by atoms with Crippen molar-refractivity contribution in [3.8, 4) is 0 Å². The first-order valence-electron chi connectivity index (χ1n) is 8.00. The summed E-state index contributed by atoms with van der Waals surface area (Å²) < 4.78 is 12.2. The van der Waals surface area contributed by atoms with Crippen LogP contribution < -0.4 is 11.3 Å². The lowest BCUT2D eigenvalue weighted by Crippen LogP contribution is -2.36. The number of imidazole rings is 1. The molecule has 2 aromatic heterocycles. The molecular weight excluding hydrogens is 382 g/mol. The van der Waals surface area contributed by atoms with Crippen LogP contribution in [0.3, 0.4) is 0 Å². The fourth-order valence-corrected chi connectivity index (χ4v) is 3.60. The van der Waals surface area contributed by atoms with Gasteiger partial charge in [0.1, 0.15) is 12.2 Å². The van der Waals surface area contributed by atoms with Gasteiger partial charge in [-0.2, -0.15) is 4.98 Å². The summed E-state index contributed by atoms with van der Waals surface area (Å²) in [5, 5.41) is 29.2. The zero-order valence-electron chi connectivity index (χ0n) is 14.2. The molecule has 0 saturated carbocycles. The number of aliphatic hydroxyl groups excluding tert-OH is 3. The lowest BCUT2D eigenvalue weighted by molar-refractivity contribution is -0.156. The highest BCUT2D eigenvalue weighted by Gasteiger charge is 2.48. The van der Waals surface area contributed by atoms with E-state index in [2.05, 4.69) is 15.0 Å². The predicted octanol–water partition coefficient (Wildman–Crippen LogP) is -2.03.